The van der Waals surface area contributed by atoms with Gasteiger partial charge in [0.05, 0.1) is 12.5 Å². The molecule has 1 aromatic carbocycles. The van der Waals surface area contributed by atoms with Gasteiger partial charge >= 0.3 is 5.97 Å². The Balaban J connectivity index is 1.70. The summed E-state index contributed by atoms with van der Waals surface area (Å²) in [6, 6.07) is 15.4. The Morgan fingerprint density at radius 1 is 1.15 bits per heavy atom. The van der Waals surface area contributed by atoms with E-state index in [4.69, 9.17) is 4.74 Å². The van der Waals surface area contributed by atoms with Gasteiger partial charge < -0.3 is 14.5 Å². The van der Waals surface area contributed by atoms with Crippen molar-refractivity contribution < 1.29 is 14.3 Å². The third-order valence-electron chi connectivity index (χ3n) is 4.38. The molecule has 1 N–H and O–H groups in total. The number of carbonyl (C=O) groups is 2. The van der Waals surface area contributed by atoms with Crippen molar-refractivity contribution in [3.05, 3.63) is 71.7 Å². The highest BCUT2D eigenvalue weighted by Crippen LogP contribution is 2.12. The summed E-state index contributed by atoms with van der Waals surface area (Å²) in [4.78, 5) is 29.2. The number of nitrogens with zero attached hydrogens (tertiary/aromatic N) is 2. The van der Waals surface area contributed by atoms with Gasteiger partial charge in [-0.05, 0) is 38.0 Å². The van der Waals surface area contributed by atoms with Crippen molar-refractivity contribution in [2.75, 3.05) is 13.2 Å². The number of esters is 1. The van der Waals surface area contributed by atoms with Crippen molar-refractivity contribution >= 4 is 17.5 Å². The van der Waals surface area contributed by atoms with Crippen molar-refractivity contribution in [1.29, 1.82) is 0 Å². The van der Waals surface area contributed by atoms with Gasteiger partial charge in [0.25, 0.3) is 5.91 Å². The number of rotatable bonds is 7. The van der Waals surface area contributed by atoms with Crippen LogP contribution in [-0.4, -0.2) is 34.4 Å². The van der Waals surface area contributed by atoms with Gasteiger partial charge in [-0.3, -0.25) is 9.59 Å². The van der Waals surface area contributed by atoms with Crippen LogP contribution in [0.15, 0.2) is 54.7 Å². The summed E-state index contributed by atoms with van der Waals surface area (Å²) < 4.78 is 7.03. The Kier molecular flexibility index (Phi) is 5.86. The van der Waals surface area contributed by atoms with Gasteiger partial charge in [-0.1, -0.05) is 36.4 Å². The molecule has 3 rings (SSSR count). The van der Waals surface area contributed by atoms with Gasteiger partial charge in [0.1, 0.15) is 11.3 Å². The van der Waals surface area contributed by atoms with Gasteiger partial charge in [-0.2, -0.15) is 0 Å². The number of fused-ring (bicyclic) bond motifs is 1. The molecule has 3 aromatic rings. The number of aromatic nitrogens is 2. The van der Waals surface area contributed by atoms with Crippen LogP contribution < -0.4 is 5.32 Å². The van der Waals surface area contributed by atoms with E-state index in [1.165, 1.54) is 0 Å². The van der Waals surface area contributed by atoms with Gasteiger partial charge in [0.2, 0.25) is 0 Å². The van der Waals surface area contributed by atoms with Gasteiger partial charge in [-0.15, -0.1) is 0 Å². The lowest BCUT2D eigenvalue weighted by Crippen LogP contribution is -2.35. The number of hydrogen-bond donors (Lipinski definition) is 1. The fraction of sp³-hybridized carbons (Fsp3) is 0.286. The van der Waals surface area contributed by atoms with E-state index in [-0.39, 0.29) is 18.4 Å². The van der Waals surface area contributed by atoms with Crippen LogP contribution in [0.4, 0.5) is 0 Å². The molecular formula is C21H23N3O3. The minimum atomic E-state index is -0.449. The molecule has 1 atom stereocenters. The summed E-state index contributed by atoms with van der Waals surface area (Å²) in [6.07, 6.45) is 2.21. The maximum Gasteiger partial charge on any atom is 0.311 e. The van der Waals surface area contributed by atoms with E-state index >= 15 is 0 Å². The SMILES string of the molecule is CCOC(=O)C(CNC(=O)c1cn2c(C)cccc2n1)Cc1ccccc1. The van der Waals surface area contributed by atoms with Crippen LogP contribution >= 0.6 is 0 Å². The maximum atomic E-state index is 12.5. The average molecular weight is 365 g/mol. The minimum Gasteiger partial charge on any atom is -0.466 e. The van der Waals surface area contributed by atoms with Crippen molar-refractivity contribution in [2.45, 2.75) is 20.3 Å². The molecule has 27 heavy (non-hydrogen) atoms. The highest BCUT2D eigenvalue weighted by molar-refractivity contribution is 5.93. The summed E-state index contributed by atoms with van der Waals surface area (Å²) in [5, 5.41) is 2.82. The lowest BCUT2D eigenvalue weighted by Gasteiger charge is -2.16. The maximum absolute atomic E-state index is 12.5. The molecule has 1 amide bonds. The van der Waals surface area contributed by atoms with Crippen LogP contribution in [0.25, 0.3) is 5.65 Å². The number of imidazole rings is 1. The van der Waals surface area contributed by atoms with E-state index in [9.17, 15) is 9.59 Å². The third-order valence-corrected chi connectivity index (χ3v) is 4.38. The first kappa shape index (κ1) is 18.6. The Morgan fingerprint density at radius 2 is 1.93 bits per heavy atom. The summed E-state index contributed by atoms with van der Waals surface area (Å²) in [5.41, 5.74) is 3.05. The summed E-state index contributed by atoms with van der Waals surface area (Å²) in [5.74, 6) is -1.07. The number of carbonyl (C=O) groups excluding carboxylic acids is 2. The second-order valence-electron chi connectivity index (χ2n) is 6.37. The van der Waals surface area contributed by atoms with E-state index in [2.05, 4.69) is 10.3 Å². The Labute approximate surface area is 158 Å². The smallest absolute Gasteiger partial charge is 0.311 e. The molecule has 0 saturated carbocycles. The number of hydrogen-bond acceptors (Lipinski definition) is 4. The molecule has 0 aliphatic heterocycles. The third kappa shape index (κ3) is 4.53. The lowest BCUT2D eigenvalue weighted by molar-refractivity contribution is -0.147. The topological polar surface area (TPSA) is 72.7 Å². The molecule has 140 valence electrons. The van der Waals surface area contributed by atoms with Crippen LogP contribution in [0.3, 0.4) is 0 Å². The number of amides is 1. The zero-order valence-electron chi connectivity index (χ0n) is 15.5. The van der Waals surface area contributed by atoms with Gasteiger partial charge in [-0.25, -0.2) is 4.98 Å². The van der Waals surface area contributed by atoms with Crippen molar-refractivity contribution in [1.82, 2.24) is 14.7 Å². The average Bonchev–Trinajstić information content (AvgIpc) is 3.12. The lowest BCUT2D eigenvalue weighted by atomic mass is 9.99. The van der Waals surface area contributed by atoms with E-state index in [0.717, 1.165) is 11.3 Å². The first-order chi connectivity index (χ1) is 13.1. The van der Waals surface area contributed by atoms with Crippen LogP contribution in [0.5, 0.6) is 0 Å². The summed E-state index contributed by atoms with van der Waals surface area (Å²) in [6.45, 7) is 4.23. The van der Waals surface area contributed by atoms with E-state index < -0.39 is 5.92 Å². The Morgan fingerprint density at radius 3 is 2.63 bits per heavy atom. The molecule has 2 heterocycles. The van der Waals surface area contributed by atoms with Crippen LogP contribution in [0.2, 0.25) is 0 Å². The number of pyridine rings is 1. The summed E-state index contributed by atoms with van der Waals surface area (Å²) >= 11 is 0. The molecule has 0 aliphatic rings. The van der Waals surface area contributed by atoms with E-state index in [1.807, 2.05) is 59.9 Å². The molecule has 0 saturated heterocycles. The first-order valence-electron chi connectivity index (χ1n) is 9.02. The second-order valence-corrected chi connectivity index (χ2v) is 6.37. The molecular weight excluding hydrogens is 342 g/mol. The second kappa shape index (κ2) is 8.49. The number of aryl methyl sites for hydroxylation is 1. The Hall–Kier alpha value is -3.15. The predicted molar refractivity (Wildman–Crippen MR) is 103 cm³/mol. The largest absolute Gasteiger partial charge is 0.466 e. The number of benzene rings is 1. The highest BCUT2D eigenvalue weighted by atomic mass is 16.5. The van der Waals surface area contributed by atoms with E-state index in [0.29, 0.717) is 24.4 Å². The first-order valence-corrected chi connectivity index (χ1v) is 9.02. The molecule has 6 nitrogen and oxygen atoms in total. The minimum absolute atomic E-state index is 0.194. The van der Waals surface area contributed by atoms with Crippen molar-refractivity contribution in [3.8, 4) is 0 Å². The van der Waals surface area contributed by atoms with Crippen molar-refractivity contribution in [3.63, 3.8) is 0 Å². The fourth-order valence-corrected chi connectivity index (χ4v) is 2.96. The zero-order valence-corrected chi connectivity index (χ0v) is 15.5. The molecule has 1 unspecified atom stereocenters. The molecule has 0 aliphatic carbocycles. The molecule has 0 bridgehead atoms. The van der Waals surface area contributed by atoms with Crippen LogP contribution in [-0.2, 0) is 16.0 Å². The molecule has 0 fully saturated rings. The van der Waals surface area contributed by atoms with Crippen molar-refractivity contribution in [2.24, 2.45) is 5.92 Å². The normalized spacial score (nSPS) is 11.9. The Bertz CT molecular complexity index is 934. The quantitative estimate of drug-likeness (QED) is 0.654. The van der Waals surface area contributed by atoms with E-state index in [1.54, 1.807) is 13.1 Å². The monoisotopic (exact) mass is 365 g/mol. The zero-order chi connectivity index (χ0) is 19.2. The number of nitrogens with one attached hydrogen (secondary N) is 1. The number of ether oxygens (including phenoxy) is 1. The molecule has 2 aromatic heterocycles. The highest BCUT2D eigenvalue weighted by Gasteiger charge is 2.22. The van der Waals surface area contributed by atoms with Crippen LogP contribution in [0.1, 0.15) is 28.7 Å². The van der Waals surface area contributed by atoms with Gasteiger partial charge in [0, 0.05) is 18.4 Å². The molecule has 6 heteroatoms. The molecule has 0 radical (unpaired) electrons. The van der Waals surface area contributed by atoms with Crippen LogP contribution in [0, 0.1) is 12.8 Å². The summed E-state index contributed by atoms with van der Waals surface area (Å²) in [7, 11) is 0. The standard InChI is InChI=1S/C21H23N3O3/c1-3-27-21(26)17(12-16-9-5-4-6-10-16)13-22-20(25)18-14-24-15(2)8-7-11-19(24)23-18/h4-11,14,17H,3,12-13H2,1-2H3,(H,22,25). The predicted octanol–water partition coefficient (Wildman–Crippen LogP) is 2.79. The fourth-order valence-electron chi connectivity index (χ4n) is 2.96. The molecule has 0 spiro atoms. The van der Waals surface area contributed by atoms with Gasteiger partial charge in [0.15, 0.2) is 0 Å².